The summed E-state index contributed by atoms with van der Waals surface area (Å²) in [6.07, 6.45) is 2.17. The Morgan fingerprint density at radius 3 is 2.95 bits per heavy atom. The Morgan fingerprint density at radius 2 is 2.26 bits per heavy atom. The zero-order chi connectivity index (χ0) is 13.4. The van der Waals surface area contributed by atoms with Gasteiger partial charge in [-0.05, 0) is 41.1 Å². The van der Waals surface area contributed by atoms with Gasteiger partial charge in [0.15, 0.2) is 11.6 Å². The summed E-state index contributed by atoms with van der Waals surface area (Å²) in [4.78, 5) is 0.676. The fourth-order valence-electron chi connectivity index (χ4n) is 1.69. The van der Waals surface area contributed by atoms with E-state index in [0.29, 0.717) is 21.8 Å². The molecule has 0 atom stereocenters. The molecular weight excluding hydrogens is 269 g/mol. The van der Waals surface area contributed by atoms with Gasteiger partial charge in [-0.15, -0.1) is 5.10 Å². The number of benzene rings is 1. The van der Waals surface area contributed by atoms with E-state index in [2.05, 4.69) is 15.5 Å². The molecule has 0 spiro atoms. The highest BCUT2D eigenvalue weighted by atomic mass is 32.2. The molecule has 2 aromatic rings. The molecule has 3 rings (SSSR count). The standard InChI is InChI=1S/C11H12FN5OS/c1-18-9-5-10(8(13)4-7(9)12)19-11-14-15-16-17(11)6-2-3-6/h4-6H,2-3,13H2,1H3. The van der Waals surface area contributed by atoms with Crippen molar-refractivity contribution in [1.29, 1.82) is 0 Å². The highest BCUT2D eigenvalue weighted by Crippen LogP contribution is 2.40. The van der Waals surface area contributed by atoms with Crippen LogP contribution in [-0.2, 0) is 0 Å². The van der Waals surface area contributed by atoms with Crippen LogP contribution in [0.25, 0.3) is 0 Å². The summed E-state index contributed by atoms with van der Waals surface area (Å²) in [7, 11) is 1.41. The van der Waals surface area contributed by atoms with Gasteiger partial charge in [0.05, 0.1) is 13.2 Å². The summed E-state index contributed by atoms with van der Waals surface area (Å²) >= 11 is 1.31. The van der Waals surface area contributed by atoms with Gasteiger partial charge >= 0.3 is 0 Å². The van der Waals surface area contributed by atoms with Gasteiger partial charge in [-0.25, -0.2) is 9.07 Å². The Kier molecular flexibility index (Phi) is 3.02. The molecule has 8 heteroatoms. The Bertz CT molecular complexity index is 613. The molecule has 1 heterocycles. The summed E-state index contributed by atoms with van der Waals surface area (Å²) < 4.78 is 20.2. The van der Waals surface area contributed by atoms with Gasteiger partial charge in [-0.2, -0.15) is 0 Å². The van der Waals surface area contributed by atoms with Crippen LogP contribution < -0.4 is 10.5 Å². The lowest BCUT2D eigenvalue weighted by atomic mass is 10.3. The topological polar surface area (TPSA) is 78.9 Å². The average molecular weight is 281 g/mol. The Labute approximate surface area is 113 Å². The number of aromatic nitrogens is 4. The van der Waals surface area contributed by atoms with Crippen LogP contribution in [0.5, 0.6) is 5.75 Å². The molecule has 0 aliphatic heterocycles. The lowest BCUT2D eigenvalue weighted by Crippen LogP contribution is -2.00. The van der Waals surface area contributed by atoms with E-state index in [9.17, 15) is 4.39 Å². The number of rotatable bonds is 4. The third kappa shape index (κ3) is 2.35. The molecule has 100 valence electrons. The normalized spacial score (nSPS) is 14.6. The molecule has 0 saturated heterocycles. The first-order valence-electron chi connectivity index (χ1n) is 5.77. The fraction of sp³-hybridized carbons (Fsp3) is 0.364. The predicted molar refractivity (Wildman–Crippen MR) is 67.6 cm³/mol. The van der Waals surface area contributed by atoms with E-state index in [-0.39, 0.29) is 5.75 Å². The lowest BCUT2D eigenvalue weighted by Gasteiger charge is -2.08. The minimum absolute atomic E-state index is 0.155. The third-order valence-corrected chi connectivity index (χ3v) is 3.87. The fourth-order valence-corrected chi connectivity index (χ4v) is 2.59. The second-order valence-corrected chi connectivity index (χ2v) is 5.27. The van der Waals surface area contributed by atoms with E-state index in [1.807, 2.05) is 0 Å². The monoisotopic (exact) mass is 281 g/mol. The van der Waals surface area contributed by atoms with Gasteiger partial charge < -0.3 is 10.5 Å². The van der Waals surface area contributed by atoms with Gasteiger partial charge in [0.25, 0.3) is 0 Å². The van der Waals surface area contributed by atoms with E-state index in [0.717, 1.165) is 12.8 Å². The van der Waals surface area contributed by atoms with Crippen LogP contribution in [0.1, 0.15) is 18.9 Å². The van der Waals surface area contributed by atoms with Crippen molar-refractivity contribution in [3.8, 4) is 5.75 Å². The predicted octanol–water partition coefficient (Wildman–Crippen LogP) is 1.89. The summed E-state index contributed by atoms with van der Waals surface area (Å²) in [6.45, 7) is 0. The van der Waals surface area contributed by atoms with Gasteiger partial charge in [0.2, 0.25) is 5.16 Å². The maximum Gasteiger partial charge on any atom is 0.214 e. The van der Waals surface area contributed by atoms with E-state index < -0.39 is 5.82 Å². The minimum Gasteiger partial charge on any atom is -0.494 e. The maximum atomic E-state index is 13.5. The van der Waals surface area contributed by atoms with Crippen molar-refractivity contribution in [3.05, 3.63) is 17.9 Å². The molecule has 2 N–H and O–H groups in total. The second kappa shape index (κ2) is 4.69. The number of tetrazole rings is 1. The number of anilines is 1. The molecule has 1 aliphatic carbocycles. The number of nitrogens with two attached hydrogens (primary N) is 1. The molecule has 19 heavy (non-hydrogen) atoms. The molecule has 1 fully saturated rings. The largest absolute Gasteiger partial charge is 0.494 e. The summed E-state index contributed by atoms with van der Waals surface area (Å²) in [6, 6.07) is 3.18. The number of methoxy groups -OCH3 is 1. The Balaban J connectivity index is 1.92. The highest BCUT2D eigenvalue weighted by Gasteiger charge is 2.28. The summed E-state index contributed by atoms with van der Waals surface area (Å²) in [5.41, 5.74) is 6.15. The molecule has 0 bridgehead atoms. The van der Waals surface area contributed by atoms with Crippen molar-refractivity contribution in [2.24, 2.45) is 0 Å². The molecule has 0 radical (unpaired) electrons. The first kappa shape index (κ1) is 12.2. The van der Waals surface area contributed by atoms with E-state index in [1.165, 1.54) is 24.9 Å². The molecule has 1 aliphatic rings. The minimum atomic E-state index is -0.480. The molecule has 1 aromatic heterocycles. The molecule has 1 aromatic carbocycles. The van der Waals surface area contributed by atoms with Crippen LogP contribution in [0.2, 0.25) is 0 Å². The van der Waals surface area contributed by atoms with E-state index in [1.54, 1.807) is 10.7 Å². The number of hydrogen-bond donors (Lipinski definition) is 1. The molecule has 0 amide bonds. The van der Waals surface area contributed by atoms with Crippen molar-refractivity contribution in [1.82, 2.24) is 20.2 Å². The zero-order valence-corrected chi connectivity index (χ0v) is 11.0. The van der Waals surface area contributed by atoms with Crippen molar-refractivity contribution in [3.63, 3.8) is 0 Å². The van der Waals surface area contributed by atoms with Crippen molar-refractivity contribution < 1.29 is 9.13 Å². The number of nitrogen functional groups attached to an aromatic ring is 1. The zero-order valence-electron chi connectivity index (χ0n) is 10.2. The van der Waals surface area contributed by atoms with E-state index in [4.69, 9.17) is 10.5 Å². The average Bonchev–Trinajstić information content (AvgIpc) is 3.13. The first-order chi connectivity index (χ1) is 9.19. The van der Waals surface area contributed by atoms with Gasteiger partial charge in [0.1, 0.15) is 0 Å². The van der Waals surface area contributed by atoms with Crippen molar-refractivity contribution >= 4 is 17.4 Å². The molecule has 0 unspecified atom stereocenters. The smallest absolute Gasteiger partial charge is 0.214 e. The van der Waals surface area contributed by atoms with Crippen LogP contribution in [0.15, 0.2) is 22.2 Å². The number of hydrogen-bond acceptors (Lipinski definition) is 6. The molecular formula is C11H12FN5OS. The van der Waals surface area contributed by atoms with Crippen LogP contribution >= 0.6 is 11.8 Å². The number of halogens is 1. The Morgan fingerprint density at radius 1 is 1.47 bits per heavy atom. The summed E-state index contributed by atoms with van der Waals surface area (Å²) in [5.74, 6) is -0.326. The quantitative estimate of drug-likeness (QED) is 0.862. The SMILES string of the molecule is COc1cc(Sc2nnnn2C2CC2)c(N)cc1F. The van der Waals surface area contributed by atoms with E-state index >= 15 is 0 Å². The number of nitrogens with zero attached hydrogens (tertiary/aromatic N) is 4. The first-order valence-corrected chi connectivity index (χ1v) is 6.59. The van der Waals surface area contributed by atoms with Gasteiger partial charge in [-0.3, -0.25) is 0 Å². The lowest BCUT2D eigenvalue weighted by molar-refractivity contribution is 0.385. The molecule has 6 nitrogen and oxygen atoms in total. The van der Waals surface area contributed by atoms with Crippen LogP contribution in [0.3, 0.4) is 0 Å². The second-order valence-electron chi connectivity index (χ2n) is 4.26. The third-order valence-electron chi connectivity index (χ3n) is 2.84. The highest BCUT2D eigenvalue weighted by molar-refractivity contribution is 7.99. The number of ether oxygens (including phenoxy) is 1. The molecule has 1 saturated carbocycles. The van der Waals surface area contributed by atoms with Crippen LogP contribution in [0.4, 0.5) is 10.1 Å². The van der Waals surface area contributed by atoms with Crippen molar-refractivity contribution in [2.45, 2.75) is 28.9 Å². The van der Waals surface area contributed by atoms with Crippen LogP contribution in [-0.4, -0.2) is 27.3 Å². The maximum absolute atomic E-state index is 13.5. The van der Waals surface area contributed by atoms with Gasteiger partial charge in [-0.1, -0.05) is 0 Å². The summed E-state index contributed by atoms with van der Waals surface area (Å²) in [5, 5.41) is 12.2. The Hall–Kier alpha value is -1.83. The van der Waals surface area contributed by atoms with Gasteiger partial charge in [0, 0.05) is 16.6 Å². The van der Waals surface area contributed by atoms with Crippen molar-refractivity contribution in [2.75, 3.05) is 12.8 Å². The van der Waals surface area contributed by atoms with Crippen LogP contribution in [0, 0.1) is 5.82 Å².